The van der Waals surface area contributed by atoms with E-state index in [9.17, 15) is 9.59 Å². The molecule has 1 N–H and O–H groups in total. The molecule has 5 heteroatoms. The van der Waals surface area contributed by atoms with E-state index in [1.807, 2.05) is 62.4 Å². The molecule has 28 heavy (non-hydrogen) atoms. The largest absolute Gasteiger partial charge is 0.351 e. The molecule has 1 atom stereocenters. The van der Waals surface area contributed by atoms with Crippen molar-refractivity contribution in [2.75, 3.05) is 11.4 Å². The first-order chi connectivity index (χ1) is 13.5. The van der Waals surface area contributed by atoms with Gasteiger partial charge in [0.25, 0.3) is 0 Å². The number of hydrogen-bond acceptors (Lipinski definition) is 3. The average molecular weight is 373 g/mol. The van der Waals surface area contributed by atoms with Crippen LogP contribution in [0.5, 0.6) is 0 Å². The summed E-state index contributed by atoms with van der Waals surface area (Å²) in [6, 6.07) is 15.6. The number of pyridine rings is 1. The second kappa shape index (κ2) is 7.43. The quantitative estimate of drug-likeness (QED) is 0.763. The predicted molar refractivity (Wildman–Crippen MR) is 110 cm³/mol. The lowest BCUT2D eigenvalue weighted by Gasteiger charge is -2.19. The monoisotopic (exact) mass is 373 g/mol. The van der Waals surface area contributed by atoms with Crippen molar-refractivity contribution in [2.45, 2.75) is 32.7 Å². The van der Waals surface area contributed by atoms with Crippen LogP contribution in [0.2, 0.25) is 0 Å². The second-order valence-electron chi connectivity index (χ2n) is 7.43. The highest BCUT2D eigenvalue weighted by atomic mass is 16.2. The zero-order valence-corrected chi connectivity index (χ0v) is 16.1. The zero-order valence-electron chi connectivity index (χ0n) is 16.1. The van der Waals surface area contributed by atoms with Crippen LogP contribution < -0.4 is 10.2 Å². The lowest BCUT2D eigenvalue weighted by Crippen LogP contribution is -2.38. The zero-order chi connectivity index (χ0) is 19.7. The number of carbonyl (C=O) groups is 2. The van der Waals surface area contributed by atoms with Crippen molar-refractivity contribution in [1.29, 1.82) is 0 Å². The van der Waals surface area contributed by atoms with Gasteiger partial charge in [0.2, 0.25) is 11.8 Å². The molecule has 1 aromatic heterocycles. The normalized spacial score (nSPS) is 16.6. The molecule has 0 radical (unpaired) electrons. The summed E-state index contributed by atoms with van der Waals surface area (Å²) in [6.07, 6.45) is 2.37. The van der Waals surface area contributed by atoms with Gasteiger partial charge in [-0.05, 0) is 37.1 Å². The van der Waals surface area contributed by atoms with Crippen LogP contribution >= 0.6 is 0 Å². The molecule has 142 valence electrons. The number of aromatic nitrogens is 1. The van der Waals surface area contributed by atoms with Gasteiger partial charge in [0.1, 0.15) is 0 Å². The van der Waals surface area contributed by atoms with Crippen molar-refractivity contribution < 1.29 is 9.59 Å². The first kappa shape index (κ1) is 18.2. The minimum absolute atomic E-state index is 0.00943. The Balaban J connectivity index is 1.47. The maximum Gasteiger partial charge on any atom is 0.229 e. The number of anilines is 1. The number of para-hydroxylation sites is 1. The Morgan fingerprint density at radius 3 is 2.86 bits per heavy atom. The van der Waals surface area contributed by atoms with Gasteiger partial charge in [-0.2, -0.15) is 0 Å². The molecular formula is C23H23N3O2. The number of benzene rings is 2. The Morgan fingerprint density at radius 1 is 1.18 bits per heavy atom. The molecule has 1 aliphatic rings. The first-order valence-corrected chi connectivity index (χ1v) is 9.51. The van der Waals surface area contributed by atoms with Crippen LogP contribution in [-0.4, -0.2) is 29.4 Å². The third-order valence-corrected chi connectivity index (χ3v) is 5.25. The number of rotatable bonds is 4. The predicted octanol–water partition coefficient (Wildman–Crippen LogP) is 3.32. The summed E-state index contributed by atoms with van der Waals surface area (Å²) in [6.45, 7) is 4.50. The summed E-state index contributed by atoms with van der Waals surface area (Å²) in [5.74, 6) is -0.0421. The van der Waals surface area contributed by atoms with Crippen molar-refractivity contribution in [1.82, 2.24) is 10.3 Å². The fourth-order valence-electron chi connectivity index (χ4n) is 3.79. The van der Waals surface area contributed by atoms with E-state index in [-0.39, 0.29) is 17.9 Å². The van der Waals surface area contributed by atoms with E-state index in [1.165, 1.54) is 0 Å². The molecule has 2 aromatic carbocycles. The molecule has 0 bridgehead atoms. The number of hydrogen-bond donors (Lipinski definition) is 1. The third kappa shape index (κ3) is 3.60. The molecule has 0 saturated carbocycles. The maximum atomic E-state index is 12.6. The summed E-state index contributed by atoms with van der Waals surface area (Å²) in [5, 5.41) is 4.03. The number of amides is 2. The topological polar surface area (TPSA) is 62.3 Å². The maximum absolute atomic E-state index is 12.6. The van der Waals surface area contributed by atoms with Crippen molar-refractivity contribution >= 4 is 28.4 Å². The first-order valence-electron chi connectivity index (χ1n) is 9.51. The lowest BCUT2D eigenvalue weighted by molar-refractivity contribution is -0.121. The van der Waals surface area contributed by atoms with Crippen LogP contribution in [0.15, 0.2) is 54.7 Å². The van der Waals surface area contributed by atoms with E-state index < -0.39 is 0 Å². The van der Waals surface area contributed by atoms with Crippen LogP contribution in [0, 0.1) is 13.8 Å². The smallest absolute Gasteiger partial charge is 0.229 e. The molecule has 0 spiro atoms. The van der Waals surface area contributed by atoms with Gasteiger partial charge >= 0.3 is 0 Å². The highest BCUT2D eigenvalue weighted by Gasteiger charge is 2.32. The highest BCUT2D eigenvalue weighted by molar-refractivity contribution is 6.04. The molecule has 1 unspecified atom stereocenters. The SMILES string of the molecule is Cc1ccc(C)c(CC(=O)NC2CC(=O)N(c3cccc4cccnc34)C2)c1. The molecule has 5 nitrogen and oxygen atoms in total. The van der Waals surface area contributed by atoms with Gasteiger partial charge in [0.15, 0.2) is 0 Å². The van der Waals surface area contributed by atoms with E-state index in [0.717, 1.165) is 33.3 Å². The van der Waals surface area contributed by atoms with Gasteiger partial charge < -0.3 is 10.2 Å². The summed E-state index contributed by atoms with van der Waals surface area (Å²) < 4.78 is 0. The van der Waals surface area contributed by atoms with Crippen molar-refractivity contribution in [2.24, 2.45) is 0 Å². The third-order valence-electron chi connectivity index (χ3n) is 5.25. The molecule has 1 saturated heterocycles. The minimum atomic E-state index is -0.191. The number of fused-ring (bicyclic) bond motifs is 1. The Bertz CT molecular complexity index is 1060. The Kier molecular flexibility index (Phi) is 4.82. The lowest BCUT2D eigenvalue weighted by atomic mass is 10.0. The van der Waals surface area contributed by atoms with E-state index in [2.05, 4.69) is 10.3 Å². The van der Waals surface area contributed by atoms with E-state index in [0.29, 0.717) is 19.4 Å². The van der Waals surface area contributed by atoms with Crippen LogP contribution in [0.4, 0.5) is 5.69 Å². The van der Waals surface area contributed by atoms with Gasteiger partial charge in [-0.1, -0.05) is 42.0 Å². The number of nitrogens with zero attached hydrogens (tertiary/aromatic N) is 2. The molecule has 1 aliphatic heterocycles. The summed E-state index contributed by atoms with van der Waals surface area (Å²) >= 11 is 0. The average Bonchev–Trinajstić information content (AvgIpc) is 3.04. The summed E-state index contributed by atoms with van der Waals surface area (Å²) in [7, 11) is 0. The minimum Gasteiger partial charge on any atom is -0.351 e. The summed E-state index contributed by atoms with van der Waals surface area (Å²) in [5.41, 5.74) is 4.87. The number of carbonyl (C=O) groups excluding carboxylic acids is 2. The van der Waals surface area contributed by atoms with Crippen LogP contribution in [0.1, 0.15) is 23.1 Å². The van der Waals surface area contributed by atoms with Gasteiger partial charge in [0, 0.05) is 24.5 Å². The van der Waals surface area contributed by atoms with Gasteiger partial charge in [0.05, 0.1) is 23.7 Å². The fourth-order valence-corrected chi connectivity index (χ4v) is 3.79. The Labute approximate surface area is 164 Å². The number of nitrogens with one attached hydrogen (secondary N) is 1. The van der Waals surface area contributed by atoms with E-state index in [1.54, 1.807) is 11.1 Å². The standard InChI is InChI=1S/C23H23N3O2/c1-15-8-9-16(2)18(11-15)12-21(27)25-19-13-22(28)26(14-19)20-7-3-5-17-6-4-10-24-23(17)20/h3-11,19H,12-14H2,1-2H3,(H,25,27). The Hall–Kier alpha value is -3.21. The molecule has 2 heterocycles. The molecule has 2 amide bonds. The van der Waals surface area contributed by atoms with Gasteiger partial charge in [-0.25, -0.2) is 0 Å². The van der Waals surface area contributed by atoms with Crippen molar-refractivity contribution in [3.63, 3.8) is 0 Å². The Morgan fingerprint density at radius 2 is 2.00 bits per heavy atom. The molecule has 0 aliphatic carbocycles. The molecular weight excluding hydrogens is 350 g/mol. The van der Waals surface area contributed by atoms with E-state index >= 15 is 0 Å². The van der Waals surface area contributed by atoms with Crippen LogP contribution in [0.3, 0.4) is 0 Å². The molecule has 1 fully saturated rings. The highest BCUT2D eigenvalue weighted by Crippen LogP contribution is 2.28. The fraction of sp³-hybridized carbons (Fsp3) is 0.261. The van der Waals surface area contributed by atoms with Gasteiger partial charge in [-0.15, -0.1) is 0 Å². The van der Waals surface area contributed by atoms with Crippen LogP contribution in [0.25, 0.3) is 10.9 Å². The van der Waals surface area contributed by atoms with Crippen LogP contribution in [-0.2, 0) is 16.0 Å². The van der Waals surface area contributed by atoms with Crippen molar-refractivity contribution in [3.8, 4) is 0 Å². The van der Waals surface area contributed by atoms with E-state index in [4.69, 9.17) is 0 Å². The van der Waals surface area contributed by atoms with Gasteiger partial charge in [-0.3, -0.25) is 14.6 Å². The summed E-state index contributed by atoms with van der Waals surface area (Å²) in [4.78, 5) is 31.3. The van der Waals surface area contributed by atoms with Crippen molar-refractivity contribution in [3.05, 3.63) is 71.4 Å². The molecule has 3 aromatic rings. The molecule has 4 rings (SSSR count). The second-order valence-corrected chi connectivity index (χ2v) is 7.43. The number of aryl methyl sites for hydroxylation is 2.